The van der Waals surface area contributed by atoms with Gasteiger partial charge in [0.1, 0.15) is 12.6 Å². The Hall–Kier alpha value is -3.85. The van der Waals surface area contributed by atoms with E-state index in [0.29, 0.717) is 21.2 Å². The Kier molecular flexibility index (Phi) is 11.3. The summed E-state index contributed by atoms with van der Waals surface area (Å²) in [6.45, 7) is 3.07. The Morgan fingerprint density at radius 1 is 0.872 bits per heavy atom. The maximum Gasteiger partial charge on any atom is 0.264 e. The van der Waals surface area contributed by atoms with Crippen molar-refractivity contribution in [2.24, 2.45) is 0 Å². The highest BCUT2D eigenvalue weighted by Gasteiger charge is 2.36. The third-order valence-corrected chi connectivity index (χ3v) is 11.0. The summed E-state index contributed by atoms with van der Waals surface area (Å²) in [4.78, 5) is 30.4. The Morgan fingerprint density at radius 3 is 2.21 bits per heavy atom. The lowest BCUT2D eigenvalue weighted by atomic mass is 10.0. The molecular weight excluding hydrogens is 653 g/mol. The molecule has 1 fully saturated rings. The third-order valence-electron chi connectivity index (χ3n) is 8.60. The Morgan fingerprint density at radius 2 is 1.53 bits per heavy atom. The van der Waals surface area contributed by atoms with Gasteiger partial charge in [-0.05, 0) is 73.7 Å². The first-order chi connectivity index (χ1) is 22.5. The monoisotopic (exact) mass is 691 g/mol. The number of anilines is 1. The maximum absolute atomic E-state index is 14.7. The van der Waals surface area contributed by atoms with Gasteiger partial charge in [-0.1, -0.05) is 108 Å². The molecule has 4 aromatic carbocycles. The van der Waals surface area contributed by atoms with Crippen LogP contribution in [0, 0.1) is 13.8 Å². The molecule has 0 unspecified atom stereocenters. The molecule has 1 aliphatic carbocycles. The molecule has 246 valence electrons. The van der Waals surface area contributed by atoms with Crippen LogP contribution in [0.3, 0.4) is 0 Å². The van der Waals surface area contributed by atoms with Crippen LogP contribution in [0.25, 0.3) is 0 Å². The molecule has 47 heavy (non-hydrogen) atoms. The Bertz CT molecular complexity index is 1810. The predicted molar refractivity (Wildman–Crippen MR) is 188 cm³/mol. The summed E-state index contributed by atoms with van der Waals surface area (Å²) >= 11 is 13.0. The molecule has 10 heteroatoms. The summed E-state index contributed by atoms with van der Waals surface area (Å²) < 4.78 is 29.7. The molecular formula is C37H39Cl2N3O4S. The van der Waals surface area contributed by atoms with Crippen molar-refractivity contribution in [1.82, 2.24) is 10.2 Å². The second kappa shape index (κ2) is 15.4. The molecule has 1 saturated carbocycles. The van der Waals surface area contributed by atoms with Gasteiger partial charge in [-0.15, -0.1) is 0 Å². The molecule has 5 rings (SSSR count). The van der Waals surface area contributed by atoms with E-state index >= 15 is 0 Å². The first kappa shape index (κ1) is 34.5. The lowest BCUT2D eigenvalue weighted by Gasteiger charge is -2.35. The van der Waals surface area contributed by atoms with Crippen LogP contribution < -0.4 is 9.62 Å². The number of carbonyl (C=O) groups excluding carboxylic acids is 2. The summed E-state index contributed by atoms with van der Waals surface area (Å²) in [6.07, 6.45) is 4.04. The van der Waals surface area contributed by atoms with Crippen LogP contribution in [0.15, 0.2) is 102 Å². The van der Waals surface area contributed by atoms with Crippen LogP contribution in [0.2, 0.25) is 10.0 Å². The number of halogens is 2. The Labute approximate surface area is 287 Å². The second-order valence-corrected chi connectivity index (χ2v) is 14.8. The van der Waals surface area contributed by atoms with Crippen LogP contribution in [0.5, 0.6) is 0 Å². The summed E-state index contributed by atoms with van der Waals surface area (Å²) in [7, 11) is -4.24. The number of sulfonamides is 1. The summed E-state index contributed by atoms with van der Waals surface area (Å²) in [5.41, 5.74) is 3.30. The highest BCUT2D eigenvalue weighted by atomic mass is 35.5. The highest BCUT2D eigenvalue weighted by molar-refractivity contribution is 7.92. The molecule has 1 atom stereocenters. The van der Waals surface area contributed by atoms with Gasteiger partial charge in [-0.25, -0.2) is 8.42 Å². The van der Waals surface area contributed by atoms with Crippen molar-refractivity contribution in [2.45, 2.75) is 69.5 Å². The van der Waals surface area contributed by atoms with Gasteiger partial charge in [0.05, 0.1) is 10.6 Å². The number of nitrogens with one attached hydrogen (secondary N) is 1. The van der Waals surface area contributed by atoms with Crippen molar-refractivity contribution >= 4 is 50.7 Å². The van der Waals surface area contributed by atoms with Crippen molar-refractivity contribution in [3.05, 3.63) is 129 Å². The van der Waals surface area contributed by atoms with Gasteiger partial charge in [0.15, 0.2) is 0 Å². The topological polar surface area (TPSA) is 86.8 Å². The fourth-order valence-electron chi connectivity index (χ4n) is 5.93. The van der Waals surface area contributed by atoms with Gasteiger partial charge < -0.3 is 10.2 Å². The fraction of sp³-hybridized carbons (Fsp3) is 0.297. The molecule has 2 amide bonds. The number of nitrogens with zero attached hydrogens (tertiary/aromatic N) is 2. The Balaban J connectivity index is 1.60. The molecule has 1 aliphatic rings. The normalized spacial score (nSPS) is 14.0. The van der Waals surface area contributed by atoms with Gasteiger partial charge in [-0.2, -0.15) is 0 Å². The number of benzene rings is 4. The first-order valence-corrected chi connectivity index (χ1v) is 18.0. The van der Waals surface area contributed by atoms with Crippen molar-refractivity contribution in [2.75, 3.05) is 10.8 Å². The molecule has 0 spiro atoms. The average molecular weight is 693 g/mol. The number of amides is 2. The molecule has 0 heterocycles. The average Bonchev–Trinajstić information content (AvgIpc) is 3.57. The van der Waals surface area contributed by atoms with Gasteiger partial charge in [0.2, 0.25) is 11.8 Å². The van der Waals surface area contributed by atoms with Gasteiger partial charge in [0.25, 0.3) is 10.0 Å². The van der Waals surface area contributed by atoms with Crippen LogP contribution in [0.4, 0.5) is 5.69 Å². The fourth-order valence-corrected chi connectivity index (χ4v) is 7.77. The lowest BCUT2D eigenvalue weighted by Crippen LogP contribution is -2.54. The van der Waals surface area contributed by atoms with Crippen molar-refractivity contribution in [1.29, 1.82) is 0 Å². The number of carbonyl (C=O) groups is 2. The molecule has 0 aliphatic heterocycles. The van der Waals surface area contributed by atoms with Gasteiger partial charge >= 0.3 is 0 Å². The maximum atomic E-state index is 14.7. The molecule has 0 bridgehead atoms. The summed E-state index contributed by atoms with van der Waals surface area (Å²) in [5, 5.41) is 3.95. The van der Waals surface area contributed by atoms with E-state index in [1.807, 2.05) is 43.3 Å². The van der Waals surface area contributed by atoms with E-state index in [1.165, 1.54) is 17.0 Å². The molecule has 0 saturated heterocycles. The van der Waals surface area contributed by atoms with E-state index in [4.69, 9.17) is 23.2 Å². The van der Waals surface area contributed by atoms with Crippen molar-refractivity contribution in [3.63, 3.8) is 0 Å². The molecule has 0 radical (unpaired) electrons. The number of aryl methyl sites for hydroxylation is 2. The molecule has 4 aromatic rings. The zero-order valence-corrected chi connectivity index (χ0v) is 28.9. The SMILES string of the molecule is Cc1ccc(S(=O)(=O)N(CC(=O)N(Cc2ccccc2Cl)[C@@H](Cc2ccccc2)C(=O)NC2CCCC2)c2cc(Cl)ccc2C)cc1. The quantitative estimate of drug-likeness (QED) is 0.167. The van der Waals surface area contributed by atoms with Crippen LogP contribution in [-0.4, -0.2) is 43.8 Å². The smallest absolute Gasteiger partial charge is 0.264 e. The zero-order valence-electron chi connectivity index (χ0n) is 26.5. The van der Waals surface area contributed by atoms with Gasteiger partial charge in [-0.3, -0.25) is 13.9 Å². The largest absolute Gasteiger partial charge is 0.352 e. The van der Waals surface area contributed by atoms with E-state index in [9.17, 15) is 18.0 Å². The van der Waals surface area contributed by atoms with E-state index in [-0.39, 0.29) is 35.5 Å². The lowest BCUT2D eigenvalue weighted by molar-refractivity contribution is -0.140. The zero-order chi connectivity index (χ0) is 33.6. The number of hydrogen-bond acceptors (Lipinski definition) is 4. The van der Waals surface area contributed by atoms with E-state index in [0.717, 1.165) is 41.1 Å². The summed E-state index contributed by atoms with van der Waals surface area (Å²) in [6, 6.07) is 27.1. The van der Waals surface area contributed by atoms with Crippen LogP contribution in [-0.2, 0) is 32.6 Å². The molecule has 1 N–H and O–H groups in total. The predicted octanol–water partition coefficient (Wildman–Crippen LogP) is 7.50. The highest BCUT2D eigenvalue weighted by Crippen LogP contribution is 2.31. The minimum atomic E-state index is -4.24. The standard InChI is InChI=1S/C37H39Cl2N3O4S/c1-26-16-20-32(21-17-26)47(45,46)42(34-23-30(38)19-18-27(34)2)25-36(43)41(24-29-12-6-9-15-33(29)39)35(22-28-10-4-3-5-11-28)37(44)40-31-13-7-8-14-31/h3-6,9-12,15-21,23,31,35H,7-8,13-14,22,24-25H2,1-2H3,(H,40,44)/t35-/m0/s1. The van der Waals surface area contributed by atoms with Crippen molar-refractivity contribution in [3.8, 4) is 0 Å². The van der Waals surface area contributed by atoms with Crippen LogP contribution in [0.1, 0.15) is 47.9 Å². The van der Waals surface area contributed by atoms with E-state index in [2.05, 4.69) is 5.32 Å². The number of rotatable bonds is 12. The summed E-state index contributed by atoms with van der Waals surface area (Å²) in [5.74, 6) is -0.837. The molecule has 0 aromatic heterocycles. The second-order valence-electron chi connectivity index (χ2n) is 12.1. The van der Waals surface area contributed by atoms with E-state index < -0.39 is 28.5 Å². The minimum Gasteiger partial charge on any atom is -0.352 e. The minimum absolute atomic E-state index is 0.00103. The van der Waals surface area contributed by atoms with Gasteiger partial charge in [0, 0.05) is 29.1 Å². The van der Waals surface area contributed by atoms with E-state index in [1.54, 1.807) is 55.5 Å². The first-order valence-electron chi connectivity index (χ1n) is 15.8. The van der Waals surface area contributed by atoms with Crippen molar-refractivity contribution < 1.29 is 18.0 Å². The van der Waals surface area contributed by atoms with Crippen LogP contribution >= 0.6 is 23.2 Å². The number of hydrogen-bond donors (Lipinski definition) is 1. The molecule has 7 nitrogen and oxygen atoms in total. The third kappa shape index (κ3) is 8.55.